The zero-order valence-corrected chi connectivity index (χ0v) is 18.1. The maximum atomic E-state index is 14.8. The number of hydrogen-bond donors (Lipinski definition) is 1. The van der Waals surface area contributed by atoms with Crippen LogP contribution in [0.15, 0.2) is 53.9 Å². The maximum absolute atomic E-state index is 14.8. The molecule has 6 nitrogen and oxygen atoms in total. The molecule has 0 aliphatic heterocycles. The molecule has 1 atom stereocenters. The third kappa shape index (κ3) is 5.11. The van der Waals surface area contributed by atoms with Gasteiger partial charge in [-0.05, 0) is 61.6 Å². The number of carbonyl (C=O) groups is 2. The van der Waals surface area contributed by atoms with E-state index in [-0.39, 0.29) is 11.4 Å². The van der Waals surface area contributed by atoms with Crippen molar-refractivity contribution in [2.24, 2.45) is 0 Å². The van der Waals surface area contributed by atoms with Crippen LogP contribution in [0.3, 0.4) is 0 Å². The van der Waals surface area contributed by atoms with Gasteiger partial charge in [-0.1, -0.05) is 35.7 Å². The SMILES string of the molecule is CCC(C)(C)NC(=O)[C@H](c1ccc(F)cc1)N(C(=O)c1csnn1)c1ccccc1F. The average molecular weight is 445 g/mol. The van der Waals surface area contributed by atoms with E-state index in [1.807, 2.05) is 20.8 Å². The Kier molecular flexibility index (Phi) is 6.74. The molecule has 2 aromatic carbocycles. The van der Waals surface area contributed by atoms with Crippen molar-refractivity contribution in [3.05, 3.63) is 76.8 Å². The summed E-state index contributed by atoms with van der Waals surface area (Å²) in [6.45, 7) is 5.59. The number of amides is 2. The lowest BCUT2D eigenvalue weighted by Gasteiger charge is -2.34. The molecule has 0 radical (unpaired) electrons. The standard InChI is InChI=1S/C22H22F2N4O2S/c1-4-22(2,3)25-20(29)19(14-9-11-15(23)12-10-14)28(18-8-6-5-7-16(18)24)21(30)17-13-31-27-26-17/h5-13,19H,4H2,1-3H3,(H,25,29)/t19-/m0/s1. The van der Waals surface area contributed by atoms with Gasteiger partial charge in [0.15, 0.2) is 5.69 Å². The van der Waals surface area contributed by atoms with Crippen molar-refractivity contribution in [3.63, 3.8) is 0 Å². The number of para-hydroxylation sites is 1. The number of rotatable bonds is 7. The van der Waals surface area contributed by atoms with Crippen LogP contribution in [0.1, 0.15) is 49.3 Å². The van der Waals surface area contributed by atoms with Gasteiger partial charge in [0.1, 0.15) is 17.7 Å². The van der Waals surface area contributed by atoms with E-state index in [0.717, 1.165) is 16.4 Å². The zero-order valence-electron chi connectivity index (χ0n) is 17.3. The minimum absolute atomic E-state index is 0.0251. The Balaban J connectivity index is 2.19. The van der Waals surface area contributed by atoms with Crippen LogP contribution < -0.4 is 10.2 Å². The number of carbonyl (C=O) groups excluding carboxylic acids is 2. The van der Waals surface area contributed by atoms with Crippen molar-refractivity contribution in [3.8, 4) is 0 Å². The highest BCUT2D eigenvalue weighted by molar-refractivity contribution is 7.03. The number of aromatic nitrogens is 2. The van der Waals surface area contributed by atoms with E-state index in [1.54, 1.807) is 6.07 Å². The van der Waals surface area contributed by atoms with Crippen LogP contribution in [0, 0.1) is 11.6 Å². The molecule has 9 heteroatoms. The molecule has 3 aromatic rings. The van der Waals surface area contributed by atoms with Crippen molar-refractivity contribution in [1.82, 2.24) is 14.9 Å². The number of nitrogens with one attached hydrogen (secondary N) is 1. The van der Waals surface area contributed by atoms with Crippen LogP contribution in [0.5, 0.6) is 0 Å². The van der Waals surface area contributed by atoms with E-state index < -0.39 is 35.0 Å². The second-order valence-electron chi connectivity index (χ2n) is 7.60. The third-order valence-electron chi connectivity index (χ3n) is 4.95. The molecule has 3 rings (SSSR count). The highest BCUT2D eigenvalue weighted by Crippen LogP contribution is 2.32. The smallest absolute Gasteiger partial charge is 0.280 e. The Bertz CT molecular complexity index is 1060. The highest BCUT2D eigenvalue weighted by atomic mass is 32.1. The van der Waals surface area contributed by atoms with Gasteiger partial charge in [-0.15, -0.1) is 5.10 Å². The first-order valence-corrected chi connectivity index (χ1v) is 10.5. The Morgan fingerprint density at radius 2 is 1.81 bits per heavy atom. The molecule has 1 aromatic heterocycles. The van der Waals surface area contributed by atoms with Gasteiger partial charge >= 0.3 is 0 Å². The first kappa shape index (κ1) is 22.5. The second kappa shape index (κ2) is 9.30. The molecule has 31 heavy (non-hydrogen) atoms. The van der Waals surface area contributed by atoms with E-state index in [9.17, 15) is 18.4 Å². The summed E-state index contributed by atoms with van der Waals surface area (Å²) in [6.07, 6.45) is 0.624. The lowest BCUT2D eigenvalue weighted by atomic mass is 9.98. The number of halogens is 2. The molecule has 2 amide bonds. The summed E-state index contributed by atoms with van der Waals surface area (Å²) in [5.74, 6) is -2.41. The molecule has 0 unspecified atom stereocenters. The molecule has 1 heterocycles. The number of anilines is 1. The van der Waals surface area contributed by atoms with Crippen LogP contribution in [0.4, 0.5) is 14.5 Å². The minimum atomic E-state index is -1.27. The Morgan fingerprint density at radius 3 is 2.39 bits per heavy atom. The van der Waals surface area contributed by atoms with Crippen LogP contribution in [0.2, 0.25) is 0 Å². The van der Waals surface area contributed by atoms with Crippen molar-refractivity contribution in [2.75, 3.05) is 4.90 Å². The molecule has 0 bridgehead atoms. The molecule has 0 aliphatic carbocycles. The lowest BCUT2D eigenvalue weighted by molar-refractivity contribution is -0.124. The van der Waals surface area contributed by atoms with Gasteiger partial charge in [-0.2, -0.15) is 0 Å². The van der Waals surface area contributed by atoms with Gasteiger partial charge in [0, 0.05) is 10.9 Å². The normalized spacial score (nSPS) is 12.3. The van der Waals surface area contributed by atoms with Crippen molar-refractivity contribution < 1.29 is 18.4 Å². The van der Waals surface area contributed by atoms with Gasteiger partial charge in [0.25, 0.3) is 5.91 Å². The fourth-order valence-corrected chi connectivity index (χ4v) is 3.38. The van der Waals surface area contributed by atoms with Crippen molar-refractivity contribution >= 4 is 29.0 Å². The van der Waals surface area contributed by atoms with E-state index in [4.69, 9.17) is 0 Å². The topological polar surface area (TPSA) is 75.2 Å². The molecule has 0 spiro atoms. The van der Waals surface area contributed by atoms with Gasteiger partial charge in [0.05, 0.1) is 5.69 Å². The quantitative estimate of drug-likeness (QED) is 0.582. The highest BCUT2D eigenvalue weighted by Gasteiger charge is 2.37. The lowest BCUT2D eigenvalue weighted by Crippen LogP contribution is -2.50. The fourth-order valence-electron chi connectivity index (χ4n) is 2.95. The first-order valence-electron chi connectivity index (χ1n) is 9.66. The van der Waals surface area contributed by atoms with Crippen LogP contribution in [-0.4, -0.2) is 26.9 Å². The van der Waals surface area contributed by atoms with E-state index in [2.05, 4.69) is 14.9 Å². The summed E-state index contributed by atoms with van der Waals surface area (Å²) in [7, 11) is 0. The van der Waals surface area contributed by atoms with Gasteiger partial charge in [-0.25, -0.2) is 8.78 Å². The van der Waals surface area contributed by atoms with E-state index >= 15 is 0 Å². The molecule has 0 saturated carbocycles. The van der Waals surface area contributed by atoms with Crippen LogP contribution in [0.25, 0.3) is 0 Å². The van der Waals surface area contributed by atoms with Crippen molar-refractivity contribution in [1.29, 1.82) is 0 Å². The molecule has 0 aliphatic rings. The van der Waals surface area contributed by atoms with E-state index in [0.29, 0.717) is 12.0 Å². The van der Waals surface area contributed by atoms with Crippen LogP contribution >= 0.6 is 11.5 Å². The number of nitrogens with zero attached hydrogens (tertiary/aromatic N) is 3. The Hall–Kier alpha value is -3.20. The second-order valence-corrected chi connectivity index (χ2v) is 8.21. The molecule has 1 N–H and O–H groups in total. The monoisotopic (exact) mass is 444 g/mol. The summed E-state index contributed by atoms with van der Waals surface area (Å²) >= 11 is 0.964. The maximum Gasteiger partial charge on any atom is 0.280 e. The van der Waals surface area contributed by atoms with E-state index in [1.165, 1.54) is 47.8 Å². The predicted molar refractivity (Wildman–Crippen MR) is 115 cm³/mol. The Labute approximate surface area is 183 Å². The predicted octanol–water partition coefficient (Wildman–Crippen LogP) is 4.51. The summed E-state index contributed by atoms with van der Waals surface area (Å²) in [5.41, 5.74) is -0.380. The molecule has 0 fully saturated rings. The largest absolute Gasteiger partial charge is 0.349 e. The average Bonchev–Trinajstić information content (AvgIpc) is 3.28. The van der Waals surface area contributed by atoms with Crippen molar-refractivity contribution in [2.45, 2.75) is 38.8 Å². The number of hydrogen-bond acceptors (Lipinski definition) is 5. The molecular formula is C22H22F2N4O2S. The minimum Gasteiger partial charge on any atom is -0.349 e. The molecule has 0 saturated heterocycles. The van der Waals surface area contributed by atoms with Gasteiger partial charge < -0.3 is 5.32 Å². The number of benzene rings is 2. The molecular weight excluding hydrogens is 422 g/mol. The fraction of sp³-hybridized carbons (Fsp3) is 0.273. The summed E-state index contributed by atoms with van der Waals surface area (Å²) in [4.78, 5) is 27.9. The Morgan fingerprint density at radius 1 is 1.13 bits per heavy atom. The summed E-state index contributed by atoms with van der Waals surface area (Å²) in [6, 6.07) is 9.57. The molecule has 162 valence electrons. The first-order chi connectivity index (χ1) is 14.7. The summed E-state index contributed by atoms with van der Waals surface area (Å²) < 4.78 is 32.1. The summed E-state index contributed by atoms with van der Waals surface area (Å²) in [5, 5.41) is 8.12. The third-order valence-corrected chi connectivity index (χ3v) is 5.45. The van der Waals surface area contributed by atoms with Gasteiger partial charge in [-0.3, -0.25) is 14.5 Å². The van der Waals surface area contributed by atoms with Gasteiger partial charge in [0.2, 0.25) is 5.91 Å². The van der Waals surface area contributed by atoms with Crippen LogP contribution in [-0.2, 0) is 4.79 Å². The zero-order chi connectivity index (χ0) is 22.6.